The van der Waals surface area contributed by atoms with Crippen LogP contribution in [0.4, 0.5) is 4.79 Å². The normalized spacial score (nSPS) is 22.4. The fraction of sp³-hybridized carbons (Fsp3) is 0.909. The van der Waals surface area contributed by atoms with Gasteiger partial charge < -0.3 is 16.0 Å². The van der Waals surface area contributed by atoms with Gasteiger partial charge in [-0.25, -0.2) is 4.79 Å². The molecular formula is C11H23N3O. The van der Waals surface area contributed by atoms with Crippen molar-refractivity contribution in [2.75, 3.05) is 13.1 Å². The summed E-state index contributed by atoms with van der Waals surface area (Å²) >= 11 is 0. The maximum absolute atomic E-state index is 11.6. The number of carbonyl (C=O) groups is 1. The molecule has 0 aromatic heterocycles. The van der Waals surface area contributed by atoms with Crippen LogP contribution in [0.15, 0.2) is 0 Å². The van der Waals surface area contributed by atoms with Crippen molar-refractivity contribution in [1.82, 2.24) is 10.2 Å². The van der Waals surface area contributed by atoms with E-state index < -0.39 is 0 Å². The summed E-state index contributed by atoms with van der Waals surface area (Å²) in [6, 6.07) is 0.319. The minimum atomic E-state index is -0.315. The van der Waals surface area contributed by atoms with Gasteiger partial charge in [0, 0.05) is 24.7 Å². The Bertz CT molecular complexity index is 232. The number of hydrogen-bond acceptors (Lipinski definition) is 2. The highest BCUT2D eigenvalue weighted by molar-refractivity contribution is 5.77. The molecule has 3 N–H and O–H groups in total. The van der Waals surface area contributed by atoms with Crippen LogP contribution in [-0.2, 0) is 0 Å². The molecule has 1 unspecified atom stereocenters. The average Bonchev–Trinajstić information content (AvgIpc) is 2.26. The topological polar surface area (TPSA) is 58.4 Å². The van der Waals surface area contributed by atoms with E-state index in [4.69, 9.17) is 5.73 Å². The maximum Gasteiger partial charge on any atom is 0.317 e. The number of nitrogens with two attached hydrogens (primary N) is 1. The quantitative estimate of drug-likeness (QED) is 0.736. The standard InChI is InChI=1S/C11H23N3O/c1-8(2)5-9-6-14(10(15)13-9)7-11(3,4)12/h8-9H,5-7,12H2,1-4H3,(H,13,15). The van der Waals surface area contributed by atoms with Gasteiger partial charge in [-0.05, 0) is 26.2 Å². The molecule has 0 spiro atoms. The third-order valence-electron chi connectivity index (χ3n) is 2.41. The van der Waals surface area contributed by atoms with Crippen LogP contribution in [0.3, 0.4) is 0 Å². The van der Waals surface area contributed by atoms with Crippen molar-refractivity contribution < 1.29 is 4.79 Å². The molecule has 1 fully saturated rings. The fourth-order valence-corrected chi connectivity index (χ4v) is 1.99. The molecule has 1 saturated heterocycles. The molecule has 1 heterocycles. The van der Waals surface area contributed by atoms with Crippen LogP contribution in [0.1, 0.15) is 34.1 Å². The molecule has 15 heavy (non-hydrogen) atoms. The third kappa shape index (κ3) is 4.08. The highest BCUT2D eigenvalue weighted by Crippen LogP contribution is 2.14. The van der Waals surface area contributed by atoms with Crippen LogP contribution in [0, 0.1) is 5.92 Å². The van der Waals surface area contributed by atoms with Gasteiger partial charge in [0.1, 0.15) is 0 Å². The Kier molecular flexibility index (Phi) is 3.60. The van der Waals surface area contributed by atoms with Crippen molar-refractivity contribution in [2.45, 2.75) is 45.7 Å². The van der Waals surface area contributed by atoms with Crippen LogP contribution in [-0.4, -0.2) is 35.6 Å². The number of hydrogen-bond donors (Lipinski definition) is 2. The average molecular weight is 213 g/mol. The molecule has 0 aliphatic carbocycles. The zero-order valence-electron chi connectivity index (χ0n) is 10.2. The second-order valence-electron chi connectivity index (χ2n) is 5.65. The monoisotopic (exact) mass is 213 g/mol. The molecule has 88 valence electrons. The smallest absolute Gasteiger partial charge is 0.317 e. The Labute approximate surface area is 92.2 Å². The lowest BCUT2D eigenvalue weighted by molar-refractivity contribution is 0.207. The number of rotatable bonds is 4. The largest absolute Gasteiger partial charge is 0.333 e. The summed E-state index contributed by atoms with van der Waals surface area (Å²) in [6.07, 6.45) is 1.03. The van der Waals surface area contributed by atoms with Gasteiger partial charge >= 0.3 is 6.03 Å². The molecule has 0 aromatic carbocycles. The second-order valence-corrected chi connectivity index (χ2v) is 5.65. The van der Waals surface area contributed by atoms with Gasteiger partial charge in [0.15, 0.2) is 0 Å². The SMILES string of the molecule is CC(C)CC1CN(CC(C)(C)N)C(=O)N1. The number of urea groups is 1. The van der Waals surface area contributed by atoms with Crippen molar-refractivity contribution in [1.29, 1.82) is 0 Å². The van der Waals surface area contributed by atoms with E-state index in [1.54, 1.807) is 0 Å². The molecule has 0 bridgehead atoms. The molecule has 0 saturated carbocycles. The summed E-state index contributed by atoms with van der Waals surface area (Å²) < 4.78 is 0. The number of carbonyl (C=O) groups excluding carboxylic acids is 1. The number of amides is 2. The van der Waals surface area contributed by atoms with Crippen LogP contribution < -0.4 is 11.1 Å². The van der Waals surface area contributed by atoms with Crippen molar-refractivity contribution >= 4 is 6.03 Å². The van der Waals surface area contributed by atoms with E-state index in [0.717, 1.165) is 13.0 Å². The van der Waals surface area contributed by atoms with Crippen molar-refractivity contribution in [2.24, 2.45) is 11.7 Å². The van der Waals surface area contributed by atoms with E-state index >= 15 is 0 Å². The molecule has 1 atom stereocenters. The summed E-state index contributed by atoms with van der Waals surface area (Å²) in [4.78, 5) is 13.4. The summed E-state index contributed by atoms with van der Waals surface area (Å²) in [5.41, 5.74) is 5.59. The van der Waals surface area contributed by atoms with E-state index in [2.05, 4.69) is 19.2 Å². The molecular weight excluding hydrogens is 190 g/mol. The van der Waals surface area contributed by atoms with Gasteiger partial charge in [-0.2, -0.15) is 0 Å². The first-order valence-corrected chi connectivity index (χ1v) is 5.62. The van der Waals surface area contributed by atoms with Gasteiger partial charge in [-0.3, -0.25) is 0 Å². The molecule has 4 heteroatoms. The molecule has 0 radical (unpaired) electrons. The Hall–Kier alpha value is -0.770. The molecule has 4 nitrogen and oxygen atoms in total. The van der Waals surface area contributed by atoms with Crippen molar-refractivity contribution in [3.63, 3.8) is 0 Å². The van der Waals surface area contributed by atoms with E-state index in [1.165, 1.54) is 0 Å². The number of nitrogens with zero attached hydrogens (tertiary/aromatic N) is 1. The van der Waals surface area contributed by atoms with E-state index in [-0.39, 0.29) is 11.6 Å². The van der Waals surface area contributed by atoms with Crippen molar-refractivity contribution in [3.05, 3.63) is 0 Å². The van der Waals surface area contributed by atoms with Crippen LogP contribution in [0.25, 0.3) is 0 Å². The van der Waals surface area contributed by atoms with Crippen LogP contribution in [0.5, 0.6) is 0 Å². The van der Waals surface area contributed by atoms with Gasteiger partial charge in [-0.15, -0.1) is 0 Å². The third-order valence-corrected chi connectivity index (χ3v) is 2.41. The Morgan fingerprint density at radius 1 is 1.60 bits per heavy atom. The fourth-order valence-electron chi connectivity index (χ4n) is 1.99. The number of nitrogens with one attached hydrogen (secondary N) is 1. The van der Waals surface area contributed by atoms with Gasteiger partial charge in [0.25, 0.3) is 0 Å². The lowest BCUT2D eigenvalue weighted by Crippen LogP contribution is -2.46. The minimum absolute atomic E-state index is 0.0270. The van der Waals surface area contributed by atoms with Gasteiger partial charge in [0.05, 0.1) is 0 Å². The summed E-state index contributed by atoms with van der Waals surface area (Å²) in [5, 5.41) is 2.99. The van der Waals surface area contributed by atoms with Gasteiger partial charge in [0.2, 0.25) is 0 Å². The van der Waals surface area contributed by atoms with Gasteiger partial charge in [-0.1, -0.05) is 13.8 Å². The lowest BCUT2D eigenvalue weighted by atomic mass is 10.0. The first-order valence-electron chi connectivity index (χ1n) is 5.62. The first kappa shape index (κ1) is 12.3. The summed E-state index contributed by atoms with van der Waals surface area (Å²) in [7, 11) is 0. The Morgan fingerprint density at radius 3 is 2.67 bits per heavy atom. The summed E-state index contributed by atoms with van der Waals surface area (Å²) in [6.45, 7) is 9.63. The van der Waals surface area contributed by atoms with E-state index in [9.17, 15) is 4.79 Å². The molecule has 1 aliphatic rings. The molecule has 0 aromatic rings. The Balaban J connectivity index is 2.46. The second kappa shape index (κ2) is 4.39. The Morgan fingerprint density at radius 2 is 2.20 bits per heavy atom. The molecule has 2 amide bonds. The van der Waals surface area contributed by atoms with Crippen molar-refractivity contribution in [3.8, 4) is 0 Å². The highest BCUT2D eigenvalue weighted by Gasteiger charge is 2.31. The zero-order chi connectivity index (χ0) is 11.6. The zero-order valence-corrected chi connectivity index (χ0v) is 10.2. The summed E-state index contributed by atoms with van der Waals surface area (Å²) in [5.74, 6) is 0.612. The molecule has 1 aliphatic heterocycles. The van der Waals surface area contributed by atoms with Crippen LogP contribution >= 0.6 is 0 Å². The first-order chi connectivity index (χ1) is 6.78. The lowest BCUT2D eigenvalue weighted by Gasteiger charge is -2.25. The van der Waals surface area contributed by atoms with E-state index in [1.807, 2.05) is 18.7 Å². The van der Waals surface area contributed by atoms with E-state index in [0.29, 0.717) is 18.5 Å². The molecule has 1 rings (SSSR count). The van der Waals surface area contributed by atoms with Crippen LogP contribution in [0.2, 0.25) is 0 Å². The predicted molar refractivity (Wildman–Crippen MR) is 61.6 cm³/mol. The highest BCUT2D eigenvalue weighted by atomic mass is 16.2. The minimum Gasteiger partial charge on any atom is -0.333 e. The maximum atomic E-state index is 11.6. The predicted octanol–water partition coefficient (Wildman–Crippen LogP) is 1.16.